The number of hydrogen-bond donors (Lipinski definition) is 0. The van der Waals surface area contributed by atoms with E-state index in [1.165, 1.54) is 0 Å². The van der Waals surface area contributed by atoms with Crippen LogP contribution in [0.15, 0.2) is 28.9 Å². The van der Waals surface area contributed by atoms with Crippen molar-refractivity contribution in [3.63, 3.8) is 0 Å². The predicted octanol–water partition coefficient (Wildman–Crippen LogP) is 3.16. The quantitative estimate of drug-likeness (QED) is 0.596. The Hall–Kier alpha value is -1.31. The number of aromatic nitrogens is 1. The average Bonchev–Trinajstić information content (AvgIpc) is 2.57. The number of nitrogens with zero attached hydrogens (tertiary/aromatic N) is 1. The minimum absolute atomic E-state index is 0.891. The van der Waals surface area contributed by atoms with Crippen LogP contribution in [0.1, 0.15) is 19.4 Å². The van der Waals surface area contributed by atoms with E-state index < -0.39 is 0 Å². The van der Waals surface area contributed by atoms with Crippen molar-refractivity contribution >= 4 is 11.0 Å². The fourth-order valence-corrected chi connectivity index (χ4v) is 1.04. The van der Waals surface area contributed by atoms with Gasteiger partial charge in [0.2, 0.25) is 0 Å². The van der Waals surface area contributed by atoms with Gasteiger partial charge in [-0.25, -0.2) is 0 Å². The summed E-state index contributed by atoms with van der Waals surface area (Å²) < 4.78 is 5.00. The van der Waals surface area contributed by atoms with E-state index in [-0.39, 0.29) is 0 Å². The Kier molecular flexibility index (Phi) is 2.86. The minimum Gasteiger partial charge on any atom is -0.356 e. The summed E-state index contributed by atoms with van der Waals surface area (Å²) in [5.41, 5.74) is 2.03. The van der Waals surface area contributed by atoms with Crippen molar-refractivity contribution in [2.24, 2.45) is 0 Å². The van der Waals surface area contributed by atoms with Crippen LogP contribution in [0.5, 0.6) is 0 Å². The number of para-hydroxylation sites is 1. The molecule has 12 heavy (non-hydrogen) atoms. The molecule has 0 aliphatic carbocycles. The van der Waals surface area contributed by atoms with Gasteiger partial charge < -0.3 is 4.52 Å². The van der Waals surface area contributed by atoms with Gasteiger partial charge in [0.15, 0.2) is 5.58 Å². The predicted molar refractivity (Wildman–Crippen MR) is 50.1 cm³/mol. The summed E-state index contributed by atoms with van der Waals surface area (Å²) in [4.78, 5) is 0. The van der Waals surface area contributed by atoms with Gasteiger partial charge in [0, 0.05) is 5.39 Å². The molecule has 0 unspecified atom stereocenters. The lowest BCUT2D eigenvalue weighted by molar-refractivity contribution is 0.455. The highest BCUT2D eigenvalue weighted by Gasteiger charge is 1.98. The molecule has 0 aliphatic heterocycles. The van der Waals surface area contributed by atoms with Crippen LogP contribution in [-0.4, -0.2) is 5.16 Å². The Balaban J connectivity index is 0.000000336. The van der Waals surface area contributed by atoms with Crippen molar-refractivity contribution in [2.45, 2.75) is 20.8 Å². The van der Waals surface area contributed by atoms with Crippen LogP contribution >= 0.6 is 0 Å². The highest BCUT2D eigenvalue weighted by Crippen LogP contribution is 2.16. The molecule has 0 saturated carbocycles. The van der Waals surface area contributed by atoms with Crippen molar-refractivity contribution in [1.82, 2.24) is 5.16 Å². The van der Waals surface area contributed by atoms with Crippen molar-refractivity contribution in [1.29, 1.82) is 0 Å². The molecule has 64 valence electrons. The first-order valence-corrected chi connectivity index (χ1v) is 4.18. The van der Waals surface area contributed by atoms with Gasteiger partial charge in [0.25, 0.3) is 0 Å². The summed E-state index contributed by atoms with van der Waals surface area (Å²) in [6.45, 7) is 6.01. The van der Waals surface area contributed by atoms with E-state index in [0.717, 1.165) is 16.5 Å². The zero-order valence-corrected chi connectivity index (χ0v) is 7.66. The van der Waals surface area contributed by atoms with E-state index in [1.807, 2.05) is 39.0 Å². The molecule has 0 spiro atoms. The van der Waals surface area contributed by atoms with Crippen molar-refractivity contribution in [3.05, 3.63) is 30.0 Å². The lowest BCUT2D eigenvalue weighted by Crippen LogP contribution is -1.69. The van der Waals surface area contributed by atoms with Gasteiger partial charge >= 0.3 is 0 Å². The zero-order valence-electron chi connectivity index (χ0n) is 7.66. The van der Waals surface area contributed by atoms with Gasteiger partial charge in [0.05, 0.1) is 6.20 Å². The Morgan fingerprint density at radius 2 is 2.00 bits per heavy atom. The van der Waals surface area contributed by atoms with Gasteiger partial charge in [-0.3, -0.25) is 0 Å². The first-order valence-electron chi connectivity index (χ1n) is 4.18. The molecule has 2 nitrogen and oxygen atoms in total. The molecular formula is C10H13NO. The van der Waals surface area contributed by atoms with E-state index in [1.54, 1.807) is 6.20 Å². The average molecular weight is 163 g/mol. The number of aryl methyl sites for hydroxylation is 1. The summed E-state index contributed by atoms with van der Waals surface area (Å²) in [7, 11) is 0. The van der Waals surface area contributed by atoms with Crippen molar-refractivity contribution in [2.75, 3.05) is 0 Å². The summed E-state index contributed by atoms with van der Waals surface area (Å²) in [6, 6.07) is 5.99. The van der Waals surface area contributed by atoms with E-state index in [0.29, 0.717) is 0 Å². The molecule has 1 aromatic carbocycles. The summed E-state index contributed by atoms with van der Waals surface area (Å²) in [5, 5.41) is 4.76. The van der Waals surface area contributed by atoms with Crippen LogP contribution in [0, 0.1) is 6.92 Å². The molecule has 1 aromatic heterocycles. The molecule has 0 aliphatic rings. The molecule has 1 heterocycles. The fraction of sp³-hybridized carbons (Fsp3) is 0.300. The van der Waals surface area contributed by atoms with Crippen LogP contribution in [0.25, 0.3) is 11.0 Å². The number of hydrogen-bond acceptors (Lipinski definition) is 2. The second-order valence-electron chi connectivity index (χ2n) is 2.32. The summed E-state index contributed by atoms with van der Waals surface area (Å²) >= 11 is 0. The monoisotopic (exact) mass is 163 g/mol. The van der Waals surface area contributed by atoms with Gasteiger partial charge in [0.1, 0.15) is 0 Å². The molecule has 0 N–H and O–H groups in total. The van der Waals surface area contributed by atoms with E-state index in [2.05, 4.69) is 5.16 Å². The molecular weight excluding hydrogens is 150 g/mol. The van der Waals surface area contributed by atoms with Crippen molar-refractivity contribution < 1.29 is 4.52 Å². The van der Waals surface area contributed by atoms with Crippen LogP contribution in [0.2, 0.25) is 0 Å². The number of benzene rings is 1. The van der Waals surface area contributed by atoms with Gasteiger partial charge in [-0.1, -0.05) is 31.1 Å². The Bertz CT molecular complexity index is 351. The van der Waals surface area contributed by atoms with E-state index in [9.17, 15) is 0 Å². The molecule has 2 heteroatoms. The maximum absolute atomic E-state index is 5.00. The van der Waals surface area contributed by atoms with Crippen LogP contribution in [0.3, 0.4) is 0 Å². The lowest BCUT2D eigenvalue weighted by Gasteiger charge is -1.88. The molecule has 2 aromatic rings. The Labute approximate surface area is 72.2 Å². The zero-order chi connectivity index (χ0) is 8.97. The standard InChI is InChI=1S/C8H7NO.C2H6/c1-6-3-2-4-7-5-9-10-8(6)7;1-2/h2-5H,1H3;1-2H3. The third kappa shape index (κ3) is 1.47. The second-order valence-corrected chi connectivity index (χ2v) is 2.32. The SMILES string of the molecule is CC.Cc1cccc2cnoc12. The normalized spacial score (nSPS) is 9.25. The van der Waals surface area contributed by atoms with Crippen LogP contribution < -0.4 is 0 Å². The summed E-state index contributed by atoms with van der Waals surface area (Å²) in [5.74, 6) is 0. The van der Waals surface area contributed by atoms with Gasteiger partial charge in [-0.2, -0.15) is 0 Å². The largest absolute Gasteiger partial charge is 0.356 e. The topological polar surface area (TPSA) is 26.0 Å². The van der Waals surface area contributed by atoms with Gasteiger partial charge in [-0.15, -0.1) is 0 Å². The molecule has 0 fully saturated rings. The highest BCUT2D eigenvalue weighted by molar-refractivity contribution is 5.78. The third-order valence-corrected chi connectivity index (χ3v) is 1.58. The molecule has 0 radical (unpaired) electrons. The number of fused-ring (bicyclic) bond motifs is 1. The molecule has 0 saturated heterocycles. The first kappa shape index (κ1) is 8.78. The van der Waals surface area contributed by atoms with E-state index in [4.69, 9.17) is 4.52 Å². The number of rotatable bonds is 0. The van der Waals surface area contributed by atoms with Crippen LogP contribution in [0.4, 0.5) is 0 Å². The molecule has 0 amide bonds. The van der Waals surface area contributed by atoms with Crippen molar-refractivity contribution in [3.8, 4) is 0 Å². The lowest BCUT2D eigenvalue weighted by atomic mass is 10.2. The maximum atomic E-state index is 5.00. The van der Waals surface area contributed by atoms with Gasteiger partial charge in [-0.05, 0) is 18.6 Å². The van der Waals surface area contributed by atoms with E-state index >= 15 is 0 Å². The smallest absolute Gasteiger partial charge is 0.169 e. The summed E-state index contributed by atoms with van der Waals surface area (Å²) in [6.07, 6.45) is 1.72. The first-order chi connectivity index (χ1) is 5.88. The van der Waals surface area contributed by atoms with Crippen LogP contribution in [-0.2, 0) is 0 Å². The maximum Gasteiger partial charge on any atom is 0.169 e. The Morgan fingerprint density at radius 1 is 1.25 bits per heavy atom. The minimum atomic E-state index is 0.891. The molecule has 0 bridgehead atoms. The third-order valence-electron chi connectivity index (χ3n) is 1.58. The fourth-order valence-electron chi connectivity index (χ4n) is 1.04. The highest BCUT2D eigenvalue weighted by atomic mass is 16.5. The molecule has 2 rings (SSSR count). The Morgan fingerprint density at radius 3 is 2.67 bits per heavy atom. The molecule has 0 atom stereocenters. The second kappa shape index (κ2) is 3.90.